The number of ether oxygens (including phenoxy) is 1. The van der Waals surface area contributed by atoms with Crippen molar-refractivity contribution < 1.29 is 22.3 Å². The van der Waals surface area contributed by atoms with Gasteiger partial charge in [-0.15, -0.1) is 0 Å². The number of hydrogen-bond acceptors (Lipinski definition) is 5. The lowest BCUT2D eigenvalue weighted by Gasteiger charge is -2.12. The molecule has 0 aliphatic carbocycles. The van der Waals surface area contributed by atoms with E-state index in [4.69, 9.17) is 4.74 Å². The van der Waals surface area contributed by atoms with Gasteiger partial charge in [-0.25, -0.2) is 22.5 Å². The number of carbonyl (C=O) groups is 1. The lowest BCUT2D eigenvalue weighted by atomic mass is 10.1. The Morgan fingerprint density at radius 1 is 1.22 bits per heavy atom. The molecule has 8 nitrogen and oxygen atoms in total. The van der Waals surface area contributed by atoms with E-state index >= 15 is 0 Å². The highest BCUT2D eigenvalue weighted by Gasteiger charge is 2.20. The molecule has 3 aromatic rings. The first-order valence-electron chi connectivity index (χ1n) is 10.2. The van der Waals surface area contributed by atoms with E-state index in [1.54, 1.807) is 29.1 Å². The van der Waals surface area contributed by atoms with E-state index in [-0.39, 0.29) is 30.0 Å². The Bertz CT molecular complexity index is 1180. The third kappa shape index (κ3) is 5.21. The average Bonchev–Trinajstić information content (AvgIpc) is 3.51. The lowest BCUT2D eigenvalue weighted by molar-refractivity contribution is 0.0950. The molecule has 1 aliphatic heterocycles. The van der Waals surface area contributed by atoms with Crippen LogP contribution < -0.4 is 10.0 Å². The van der Waals surface area contributed by atoms with Gasteiger partial charge >= 0.3 is 0 Å². The van der Waals surface area contributed by atoms with Gasteiger partial charge in [0.25, 0.3) is 5.91 Å². The monoisotopic (exact) mass is 458 g/mol. The highest BCUT2D eigenvalue weighted by atomic mass is 32.2. The summed E-state index contributed by atoms with van der Waals surface area (Å²) >= 11 is 0. The van der Waals surface area contributed by atoms with Crippen LogP contribution in [-0.4, -0.2) is 43.1 Å². The number of carbonyl (C=O) groups excluding carboxylic acids is 1. The number of aromatic nitrogens is 2. The fraction of sp³-hybridized carbons (Fsp3) is 0.273. The molecule has 4 rings (SSSR count). The first kappa shape index (κ1) is 22.1. The fourth-order valence-corrected chi connectivity index (χ4v) is 4.50. The second-order valence-corrected chi connectivity index (χ2v) is 9.22. The maximum Gasteiger partial charge on any atom is 0.251 e. The molecule has 1 atom stereocenters. The van der Waals surface area contributed by atoms with E-state index in [0.29, 0.717) is 23.4 Å². The highest BCUT2D eigenvalue weighted by molar-refractivity contribution is 7.89. The Hall–Kier alpha value is -3.08. The minimum atomic E-state index is -3.68. The van der Waals surface area contributed by atoms with Gasteiger partial charge in [-0.3, -0.25) is 4.79 Å². The number of halogens is 1. The third-order valence-corrected chi connectivity index (χ3v) is 6.64. The zero-order chi connectivity index (χ0) is 22.6. The molecule has 32 heavy (non-hydrogen) atoms. The largest absolute Gasteiger partial charge is 0.377 e. The van der Waals surface area contributed by atoms with Crippen LogP contribution in [0.2, 0.25) is 0 Å². The molecule has 1 amide bonds. The van der Waals surface area contributed by atoms with E-state index in [0.717, 1.165) is 12.8 Å². The van der Waals surface area contributed by atoms with E-state index in [2.05, 4.69) is 15.0 Å². The number of rotatable bonds is 8. The molecule has 168 valence electrons. The van der Waals surface area contributed by atoms with Gasteiger partial charge in [0.05, 0.1) is 23.0 Å². The van der Waals surface area contributed by atoms with Gasteiger partial charge in [0.15, 0.2) is 0 Å². The molecule has 1 aromatic heterocycles. The lowest BCUT2D eigenvalue weighted by Crippen LogP contribution is -2.31. The molecule has 0 bridgehead atoms. The number of benzene rings is 2. The molecule has 1 aliphatic rings. The Labute approximate surface area is 185 Å². The minimum absolute atomic E-state index is 0.0733. The Balaban J connectivity index is 1.34. The Morgan fingerprint density at radius 3 is 2.69 bits per heavy atom. The molecule has 10 heteroatoms. The Kier molecular flexibility index (Phi) is 6.63. The zero-order valence-electron chi connectivity index (χ0n) is 17.2. The number of amides is 1. The maximum atomic E-state index is 14.3. The van der Waals surface area contributed by atoms with Crippen molar-refractivity contribution in [2.75, 3.05) is 13.2 Å². The van der Waals surface area contributed by atoms with Crippen molar-refractivity contribution in [1.82, 2.24) is 19.6 Å². The quantitative estimate of drug-likeness (QED) is 0.540. The predicted octanol–water partition coefficient (Wildman–Crippen LogP) is 2.40. The topological polar surface area (TPSA) is 102 Å². The summed E-state index contributed by atoms with van der Waals surface area (Å²) in [7, 11) is -3.68. The third-order valence-electron chi connectivity index (χ3n) is 5.20. The molecule has 1 fully saturated rings. The van der Waals surface area contributed by atoms with Gasteiger partial charge in [-0.1, -0.05) is 6.07 Å². The zero-order valence-corrected chi connectivity index (χ0v) is 18.0. The number of hydrogen-bond donors (Lipinski definition) is 2. The van der Waals surface area contributed by atoms with Gasteiger partial charge in [-0.2, -0.15) is 0 Å². The van der Waals surface area contributed by atoms with Crippen LogP contribution >= 0.6 is 0 Å². The normalized spacial score (nSPS) is 16.2. The van der Waals surface area contributed by atoms with Crippen molar-refractivity contribution in [2.45, 2.75) is 30.4 Å². The van der Waals surface area contributed by atoms with Crippen LogP contribution in [-0.2, 0) is 21.3 Å². The molecule has 0 radical (unpaired) electrons. The second-order valence-electron chi connectivity index (χ2n) is 7.45. The number of nitrogens with zero attached hydrogens (tertiary/aromatic N) is 2. The standard InChI is InChI=1S/C22H23FN4O4S/c23-20-12-16(3-8-21(20)27-10-9-24-15-27)13-25-22(28)17-4-6-19(7-5-17)32(29,30)26-14-18-2-1-11-31-18/h3-10,12,15,18,26H,1-2,11,13-14H2,(H,25,28). The highest BCUT2D eigenvalue weighted by Crippen LogP contribution is 2.16. The minimum Gasteiger partial charge on any atom is -0.377 e. The molecule has 1 saturated heterocycles. The van der Waals surface area contributed by atoms with Crippen LogP contribution in [0.25, 0.3) is 5.69 Å². The molecule has 0 saturated carbocycles. The van der Waals surface area contributed by atoms with Crippen molar-refractivity contribution in [1.29, 1.82) is 0 Å². The SMILES string of the molecule is O=C(NCc1ccc(-n2ccnc2)c(F)c1)c1ccc(S(=O)(=O)NCC2CCCO2)cc1. The molecule has 0 spiro atoms. The molecular weight excluding hydrogens is 435 g/mol. The van der Waals surface area contributed by atoms with E-state index in [9.17, 15) is 17.6 Å². The second kappa shape index (κ2) is 9.60. The molecule has 1 unspecified atom stereocenters. The molecule has 2 aromatic carbocycles. The van der Waals surface area contributed by atoms with Gasteiger partial charge < -0.3 is 14.6 Å². The number of sulfonamides is 1. The predicted molar refractivity (Wildman–Crippen MR) is 115 cm³/mol. The molecule has 2 N–H and O–H groups in total. The van der Waals surface area contributed by atoms with Crippen LogP contribution in [0.1, 0.15) is 28.8 Å². The summed E-state index contributed by atoms with van der Waals surface area (Å²) in [6.45, 7) is 1.00. The molecular formula is C22H23FN4O4S. The maximum absolute atomic E-state index is 14.3. The van der Waals surface area contributed by atoms with Gasteiger partial charge in [0.2, 0.25) is 10.0 Å². The van der Waals surface area contributed by atoms with Crippen molar-refractivity contribution in [2.24, 2.45) is 0 Å². The van der Waals surface area contributed by atoms with E-state index in [1.165, 1.54) is 36.7 Å². The summed E-state index contributed by atoms with van der Waals surface area (Å²) in [5, 5.41) is 2.71. The summed E-state index contributed by atoms with van der Waals surface area (Å²) in [5.41, 5.74) is 1.26. The van der Waals surface area contributed by atoms with Gasteiger partial charge in [0, 0.05) is 37.7 Å². The van der Waals surface area contributed by atoms with Crippen LogP contribution in [0.3, 0.4) is 0 Å². The van der Waals surface area contributed by atoms with Crippen LogP contribution in [0.5, 0.6) is 0 Å². The Morgan fingerprint density at radius 2 is 2.03 bits per heavy atom. The summed E-state index contributed by atoms with van der Waals surface area (Å²) in [5.74, 6) is -0.819. The molecule has 2 heterocycles. The summed E-state index contributed by atoms with van der Waals surface area (Å²) in [6, 6.07) is 10.3. The first-order chi connectivity index (χ1) is 15.4. The van der Waals surface area contributed by atoms with Crippen LogP contribution in [0, 0.1) is 5.82 Å². The van der Waals surface area contributed by atoms with Crippen LogP contribution in [0.4, 0.5) is 4.39 Å². The van der Waals surface area contributed by atoms with Crippen molar-refractivity contribution in [3.63, 3.8) is 0 Å². The smallest absolute Gasteiger partial charge is 0.251 e. The van der Waals surface area contributed by atoms with Crippen molar-refractivity contribution in [3.8, 4) is 5.69 Å². The van der Waals surface area contributed by atoms with Crippen molar-refractivity contribution in [3.05, 3.63) is 78.1 Å². The first-order valence-corrected chi connectivity index (χ1v) is 11.7. The number of nitrogens with one attached hydrogen (secondary N) is 2. The van der Waals surface area contributed by atoms with E-state index < -0.39 is 15.8 Å². The van der Waals surface area contributed by atoms with Gasteiger partial charge in [-0.05, 0) is 54.8 Å². The summed E-state index contributed by atoms with van der Waals surface area (Å²) in [6.07, 6.45) is 6.36. The number of imidazole rings is 1. The average molecular weight is 459 g/mol. The van der Waals surface area contributed by atoms with Crippen molar-refractivity contribution >= 4 is 15.9 Å². The summed E-state index contributed by atoms with van der Waals surface area (Å²) < 4.78 is 48.7. The van der Waals surface area contributed by atoms with E-state index in [1.807, 2.05) is 0 Å². The van der Waals surface area contributed by atoms with Gasteiger partial charge in [0.1, 0.15) is 5.82 Å². The fourth-order valence-electron chi connectivity index (χ4n) is 3.43. The summed E-state index contributed by atoms with van der Waals surface area (Å²) in [4.78, 5) is 16.4. The van der Waals surface area contributed by atoms with Crippen LogP contribution in [0.15, 0.2) is 66.1 Å².